The average Bonchev–Trinajstić information content (AvgIpc) is 3.06. The first-order valence-electron chi connectivity index (χ1n) is 8.49. The number of carboxylic acids is 1. The third-order valence-corrected chi connectivity index (χ3v) is 4.88. The number of para-hydroxylation sites is 1. The molecule has 4 aromatic rings. The highest BCUT2D eigenvalue weighted by Crippen LogP contribution is 2.29. The Balaban J connectivity index is 1.99. The van der Waals surface area contributed by atoms with Gasteiger partial charge in [-0.1, -0.05) is 30.3 Å². The number of benzene rings is 2. The van der Waals surface area contributed by atoms with Crippen LogP contribution in [0, 0.1) is 0 Å². The van der Waals surface area contributed by atoms with Crippen LogP contribution in [0.5, 0.6) is 5.75 Å². The van der Waals surface area contributed by atoms with Gasteiger partial charge < -0.3 is 19.4 Å². The van der Waals surface area contributed by atoms with Gasteiger partial charge in [-0.05, 0) is 23.8 Å². The number of methoxy groups -OCH3 is 1. The summed E-state index contributed by atoms with van der Waals surface area (Å²) in [4.78, 5) is 27.9. The molecule has 0 fully saturated rings. The zero-order valence-corrected chi connectivity index (χ0v) is 14.9. The smallest absolute Gasteiger partial charge is 0.338 e. The molecule has 0 saturated heterocycles. The molecule has 4 rings (SSSR count). The van der Waals surface area contributed by atoms with E-state index >= 15 is 0 Å². The number of ether oxygens (including phenoxy) is 1. The molecule has 0 aliphatic rings. The monoisotopic (exact) mass is 362 g/mol. The number of hydrogen-bond donors (Lipinski definition) is 2. The van der Waals surface area contributed by atoms with Crippen LogP contribution < -0.4 is 10.3 Å². The Morgan fingerprint density at radius 2 is 1.85 bits per heavy atom. The zero-order chi connectivity index (χ0) is 19.1. The molecule has 2 heterocycles. The summed E-state index contributed by atoms with van der Waals surface area (Å²) in [7, 11) is 3.28. The molecule has 6 heteroatoms. The number of nitrogens with one attached hydrogen (secondary N) is 1. The molecule has 2 N–H and O–H groups in total. The van der Waals surface area contributed by atoms with Crippen LogP contribution in [0.15, 0.2) is 53.3 Å². The summed E-state index contributed by atoms with van der Waals surface area (Å²) in [5.74, 6) is -0.322. The third-order valence-electron chi connectivity index (χ3n) is 4.88. The Bertz CT molecular complexity index is 1230. The summed E-state index contributed by atoms with van der Waals surface area (Å²) in [6.45, 7) is 0. The van der Waals surface area contributed by atoms with E-state index < -0.39 is 5.97 Å². The third kappa shape index (κ3) is 2.66. The molecule has 0 spiro atoms. The standard InChI is InChI=1S/C21H18N2O4/c1-23-16-6-4-3-5-14(16)17-18(21(25)26)15(22-19(17)20(23)24)11-12-7-9-13(27-2)10-8-12/h3-10,22H,11H2,1-2H3,(H,25,26). The largest absolute Gasteiger partial charge is 0.497 e. The molecule has 136 valence electrons. The number of aromatic nitrogens is 2. The summed E-state index contributed by atoms with van der Waals surface area (Å²) in [6.07, 6.45) is 0.373. The molecule has 0 saturated carbocycles. The number of aromatic amines is 1. The molecular formula is C21H18N2O4. The second kappa shape index (κ2) is 6.32. The van der Waals surface area contributed by atoms with Gasteiger partial charge in [0.2, 0.25) is 0 Å². The number of aromatic carboxylic acids is 1. The topological polar surface area (TPSA) is 84.3 Å². The number of H-pyrrole nitrogens is 1. The molecule has 2 aromatic heterocycles. The van der Waals surface area contributed by atoms with E-state index in [0.717, 1.165) is 16.7 Å². The van der Waals surface area contributed by atoms with E-state index in [4.69, 9.17) is 4.74 Å². The van der Waals surface area contributed by atoms with Crippen LogP contribution in [0.4, 0.5) is 0 Å². The van der Waals surface area contributed by atoms with Crippen molar-refractivity contribution >= 4 is 27.8 Å². The fourth-order valence-corrected chi connectivity index (χ4v) is 3.55. The van der Waals surface area contributed by atoms with Gasteiger partial charge in [-0.15, -0.1) is 0 Å². The SMILES string of the molecule is COc1ccc(Cc2[nH]c3c(=O)n(C)c4ccccc4c3c2C(=O)O)cc1. The van der Waals surface area contributed by atoms with E-state index in [1.54, 1.807) is 14.2 Å². The van der Waals surface area contributed by atoms with Crippen molar-refractivity contribution in [1.82, 2.24) is 9.55 Å². The van der Waals surface area contributed by atoms with Crippen LogP contribution in [0.1, 0.15) is 21.6 Å². The highest BCUT2D eigenvalue weighted by Gasteiger charge is 2.23. The van der Waals surface area contributed by atoms with Crippen molar-refractivity contribution in [2.75, 3.05) is 7.11 Å². The van der Waals surface area contributed by atoms with E-state index in [0.29, 0.717) is 28.5 Å². The molecule has 0 bridgehead atoms. The molecule has 6 nitrogen and oxygen atoms in total. The Morgan fingerprint density at radius 1 is 1.15 bits per heavy atom. The van der Waals surface area contributed by atoms with Crippen molar-refractivity contribution in [3.05, 3.63) is 75.7 Å². The lowest BCUT2D eigenvalue weighted by Crippen LogP contribution is -2.17. The van der Waals surface area contributed by atoms with Crippen molar-refractivity contribution in [3.63, 3.8) is 0 Å². The predicted octanol–water partition coefficient (Wildman–Crippen LogP) is 3.32. The first-order chi connectivity index (χ1) is 13.0. The Hall–Kier alpha value is -3.54. The molecule has 0 aliphatic carbocycles. The summed E-state index contributed by atoms with van der Waals surface area (Å²) in [5.41, 5.74) is 2.36. The Kier molecular flexibility index (Phi) is 3.96. The van der Waals surface area contributed by atoms with Crippen LogP contribution >= 0.6 is 0 Å². The predicted molar refractivity (Wildman–Crippen MR) is 104 cm³/mol. The first kappa shape index (κ1) is 16.9. The van der Waals surface area contributed by atoms with Gasteiger partial charge in [0.25, 0.3) is 5.56 Å². The lowest BCUT2D eigenvalue weighted by atomic mass is 10.0. The summed E-state index contributed by atoms with van der Waals surface area (Å²) in [6, 6.07) is 14.7. The first-order valence-corrected chi connectivity index (χ1v) is 8.49. The van der Waals surface area contributed by atoms with Crippen LogP contribution in [0.3, 0.4) is 0 Å². The van der Waals surface area contributed by atoms with E-state index in [2.05, 4.69) is 4.98 Å². The van der Waals surface area contributed by atoms with Crippen molar-refractivity contribution in [1.29, 1.82) is 0 Å². The number of rotatable bonds is 4. The van der Waals surface area contributed by atoms with Crippen molar-refractivity contribution in [2.24, 2.45) is 7.05 Å². The number of nitrogens with zero attached hydrogens (tertiary/aromatic N) is 1. The van der Waals surface area contributed by atoms with Crippen LogP contribution in [0.2, 0.25) is 0 Å². The lowest BCUT2D eigenvalue weighted by Gasteiger charge is -2.06. The van der Waals surface area contributed by atoms with E-state index in [9.17, 15) is 14.7 Å². The van der Waals surface area contributed by atoms with E-state index in [1.807, 2.05) is 48.5 Å². The van der Waals surface area contributed by atoms with Gasteiger partial charge >= 0.3 is 5.97 Å². The maximum atomic E-state index is 12.8. The highest BCUT2D eigenvalue weighted by atomic mass is 16.5. The van der Waals surface area contributed by atoms with Gasteiger partial charge in [-0.25, -0.2) is 4.79 Å². The van der Waals surface area contributed by atoms with E-state index in [1.165, 1.54) is 4.57 Å². The van der Waals surface area contributed by atoms with Crippen molar-refractivity contribution < 1.29 is 14.6 Å². The maximum Gasteiger partial charge on any atom is 0.338 e. The van der Waals surface area contributed by atoms with Crippen molar-refractivity contribution in [2.45, 2.75) is 6.42 Å². The normalized spacial score (nSPS) is 11.2. The van der Waals surface area contributed by atoms with Crippen molar-refractivity contribution in [3.8, 4) is 5.75 Å². The summed E-state index contributed by atoms with van der Waals surface area (Å²) < 4.78 is 6.70. The van der Waals surface area contributed by atoms with Gasteiger partial charge in [0.1, 0.15) is 11.3 Å². The summed E-state index contributed by atoms with van der Waals surface area (Å²) in [5, 5.41) is 11.1. The molecule has 0 aliphatic heterocycles. The van der Waals surface area contributed by atoms with Crippen LogP contribution in [-0.2, 0) is 13.5 Å². The fraction of sp³-hybridized carbons (Fsp3) is 0.143. The fourth-order valence-electron chi connectivity index (χ4n) is 3.55. The minimum absolute atomic E-state index is 0.148. The molecule has 0 atom stereocenters. The minimum Gasteiger partial charge on any atom is -0.497 e. The van der Waals surface area contributed by atoms with Gasteiger partial charge in [0.15, 0.2) is 0 Å². The highest BCUT2D eigenvalue weighted by molar-refractivity contribution is 6.15. The Morgan fingerprint density at radius 3 is 2.52 bits per heavy atom. The average molecular weight is 362 g/mol. The second-order valence-electron chi connectivity index (χ2n) is 6.44. The lowest BCUT2D eigenvalue weighted by molar-refractivity contribution is 0.0698. The zero-order valence-electron chi connectivity index (χ0n) is 14.9. The van der Waals surface area contributed by atoms with E-state index in [-0.39, 0.29) is 11.1 Å². The number of fused-ring (bicyclic) bond motifs is 3. The molecule has 2 aromatic carbocycles. The van der Waals surface area contributed by atoms with Gasteiger partial charge in [0, 0.05) is 29.9 Å². The van der Waals surface area contributed by atoms with Gasteiger partial charge in [-0.3, -0.25) is 4.79 Å². The summed E-state index contributed by atoms with van der Waals surface area (Å²) >= 11 is 0. The minimum atomic E-state index is -1.05. The Labute approximate surface area is 154 Å². The molecular weight excluding hydrogens is 344 g/mol. The van der Waals surface area contributed by atoms with Crippen LogP contribution in [-0.4, -0.2) is 27.7 Å². The number of hydrogen-bond acceptors (Lipinski definition) is 3. The second-order valence-corrected chi connectivity index (χ2v) is 6.44. The number of aryl methyl sites for hydroxylation is 1. The molecule has 0 radical (unpaired) electrons. The van der Waals surface area contributed by atoms with Gasteiger partial charge in [-0.2, -0.15) is 0 Å². The maximum absolute atomic E-state index is 12.8. The van der Waals surface area contributed by atoms with Crippen LogP contribution in [0.25, 0.3) is 21.8 Å². The molecule has 0 amide bonds. The number of carbonyl (C=O) groups is 1. The van der Waals surface area contributed by atoms with Gasteiger partial charge in [0.05, 0.1) is 18.2 Å². The molecule has 0 unspecified atom stereocenters. The number of pyridine rings is 1. The quantitative estimate of drug-likeness (QED) is 0.583. The number of carboxylic acid groups (broad SMARTS) is 1. The molecule has 27 heavy (non-hydrogen) atoms.